The highest BCUT2D eigenvalue weighted by atomic mass is 32.1. The number of nitrogens with one attached hydrogen (secondary N) is 1. The van der Waals surface area contributed by atoms with Gasteiger partial charge in [0.1, 0.15) is 0 Å². The first-order chi connectivity index (χ1) is 12.2. The van der Waals surface area contributed by atoms with Gasteiger partial charge in [0.05, 0.1) is 21.7 Å². The monoisotopic (exact) mass is 366 g/mol. The summed E-state index contributed by atoms with van der Waals surface area (Å²) in [5, 5.41) is 6.04. The van der Waals surface area contributed by atoms with E-state index in [1.54, 1.807) is 11.3 Å². The zero-order valence-electron chi connectivity index (χ0n) is 16.1. The van der Waals surface area contributed by atoms with Crippen LogP contribution in [-0.2, 0) is 0 Å². The number of benzene rings is 1. The number of thiophene rings is 1. The van der Waals surface area contributed by atoms with Gasteiger partial charge in [0, 0.05) is 11.9 Å². The van der Waals surface area contributed by atoms with Crippen molar-refractivity contribution < 1.29 is 4.79 Å². The molecule has 0 atom stereocenters. The highest BCUT2D eigenvalue weighted by Crippen LogP contribution is 2.29. The van der Waals surface area contributed by atoms with E-state index >= 15 is 0 Å². The number of aromatic nitrogens is 1. The molecule has 0 aliphatic rings. The number of rotatable bonds is 4. The minimum absolute atomic E-state index is 0.0253. The van der Waals surface area contributed by atoms with Crippen molar-refractivity contribution in [3.63, 3.8) is 0 Å². The van der Waals surface area contributed by atoms with E-state index in [2.05, 4.69) is 52.1 Å². The lowest BCUT2D eigenvalue weighted by Crippen LogP contribution is -2.27. The molecule has 3 nitrogen and oxygen atoms in total. The van der Waals surface area contributed by atoms with Crippen LogP contribution in [0.15, 0.2) is 35.7 Å². The van der Waals surface area contributed by atoms with Crippen molar-refractivity contribution in [2.24, 2.45) is 5.41 Å². The molecule has 26 heavy (non-hydrogen) atoms. The Labute approximate surface area is 159 Å². The highest BCUT2D eigenvalue weighted by molar-refractivity contribution is 7.13. The average Bonchev–Trinajstić information content (AvgIpc) is 3.08. The van der Waals surface area contributed by atoms with Crippen LogP contribution in [0.1, 0.15) is 48.7 Å². The zero-order valence-corrected chi connectivity index (χ0v) is 17.0. The highest BCUT2D eigenvalue weighted by Gasteiger charge is 2.16. The van der Waals surface area contributed by atoms with Crippen LogP contribution in [-0.4, -0.2) is 17.4 Å². The van der Waals surface area contributed by atoms with Crippen LogP contribution < -0.4 is 5.32 Å². The number of hydrogen-bond acceptors (Lipinski definition) is 3. The molecule has 1 aromatic carbocycles. The molecule has 1 amide bonds. The van der Waals surface area contributed by atoms with Gasteiger partial charge < -0.3 is 5.32 Å². The summed E-state index contributed by atoms with van der Waals surface area (Å²) in [7, 11) is 0. The summed E-state index contributed by atoms with van der Waals surface area (Å²) >= 11 is 1.64. The van der Waals surface area contributed by atoms with Gasteiger partial charge in [-0.05, 0) is 66.5 Å². The summed E-state index contributed by atoms with van der Waals surface area (Å²) in [4.78, 5) is 18.8. The molecule has 0 radical (unpaired) electrons. The summed E-state index contributed by atoms with van der Waals surface area (Å²) < 4.78 is 0. The molecule has 3 rings (SSSR count). The van der Waals surface area contributed by atoms with Crippen molar-refractivity contribution in [2.45, 2.75) is 41.0 Å². The molecule has 0 aliphatic carbocycles. The molecule has 0 unspecified atom stereocenters. The number of carbonyl (C=O) groups excluding carboxylic acids is 1. The number of carbonyl (C=O) groups is 1. The number of hydrogen-bond donors (Lipinski definition) is 1. The largest absolute Gasteiger partial charge is 0.352 e. The third-order valence-corrected chi connectivity index (χ3v) is 5.50. The summed E-state index contributed by atoms with van der Waals surface area (Å²) in [5.41, 5.74) is 5.00. The molecule has 2 aromatic heterocycles. The van der Waals surface area contributed by atoms with E-state index in [4.69, 9.17) is 4.98 Å². The molecular formula is C22H26N2OS. The zero-order chi connectivity index (χ0) is 18.9. The topological polar surface area (TPSA) is 42.0 Å². The van der Waals surface area contributed by atoms with Crippen LogP contribution in [0.2, 0.25) is 0 Å². The first-order valence-electron chi connectivity index (χ1n) is 8.99. The Balaban J connectivity index is 2.03. The number of fused-ring (bicyclic) bond motifs is 1. The van der Waals surface area contributed by atoms with Crippen LogP contribution >= 0.6 is 11.3 Å². The average molecular weight is 367 g/mol. The maximum absolute atomic E-state index is 12.9. The molecule has 0 bridgehead atoms. The predicted molar refractivity (Wildman–Crippen MR) is 111 cm³/mol. The van der Waals surface area contributed by atoms with Crippen LogP contribution in [0.5, 0.6) is 0 Å². The number of aryl methyl sites for hydroxylation is 2. The smallest absolute Gasteiger partial charge is 0.252 e. The van der Waals surface area contributed by atoms with Gasteiger partial charge >= 0.3 is 0 Å². The van der Waals surface area contributed by atoms with Crippen molar-refractivity contribution in [1.29, 1.82) is 0 Å². The van der Waals surface area contributed by atoms with Gasteiger partial charge in [-0.15, -0.1) is 11.3 Å². The van der Waals surface area contributed by atoms with Crippen LogP contribution in [0.4, 0.5) is 0 Å². The second kappa shape index (κ2) is 7.20. The maximum Gasteiger partial charge on any atom is 0.252 e. The van der Waals surface area contributed by atoms with E-state index in [-0.39, 0.29) is 11.3 Å². The van der Waals surface area contributed by atoms with E-state index in [1.165, 1.54) is 11.1 Å². The second-order valence-electron chi connectivity index (χ2n) is 8.05. The molecule has 0 fully saturated rings. The first kappa shape index (κ1) is 18.6. The van der Waals surface area contributed by atoms with Gasteiger partial charge in [0.25, 0.3) is 5.91 Å². The Morgan fingerprint density at radius 2 is 1.88 bits per heavy atom. The second-order valence-corrected chi connectivity index (χ2v) is 9.00. The predicted octanol–water partition coefficient (Wildman–Crippen LogP) is 5.75. The third-order valence-electron chi connectivity index (χ3n) is 4.60. The lowest BCUT2D eigenvalue weighted by molar-refractivity contribution is 0.0951. The van der Waals surface area contributed by atoms with Crippen LogP contribution in [0.25, 0.3) is 21.5 Å². The number of amides is 1. The quantitative estimate of drug-likeness (QED) is 0.639. The Morgan fingerprint density at radius 1 is 1.15 bits per heavy atom. The standard InChI is InChI=1S/C22H26N2OS/c1-14-11-16-17(21(25)23-9-8-22(3,4)5)13-19(20-7-6-10-26-20)24-18(16)12-15(14)2/h6-7,10-13H,8-9H2,1-5H3,(H,23,25). The summed E-state index contributed by atoms with van der Waals surface area (Å²) in [6.45, 7) is 11.4. The summed E-state index contributed by atoms with van der Waals surface area (Å²) in [6.07, 6.45) is 0.942. The van der Waals surface area contributed by atoms with E-state index < -0.39 is 0 Å². The molecule has 1 N–H and O–H groups in total. The van der Waals surface area contributed by atoms with Gasteiger partial charge in [-0.25, -0.2) is 4.98 Å². The fraction of sp³-hybridized carbons (Fsp3) is 0.364. The van der Waals surface area contributed by atoms with E-state index in [1.807, 2.05) is 23.6 Å². The lowest BCUT2D eigenvalue weighted by Gasteiger charge is -2.18. The molecule has 4 heteroatoms. The number of nitrogens with zero attached hydrogens (tertiary/aromatic N) is 1. The van der Waals surface area contributed by atoms with Crippen molar-refractivity contribution >= 4 is 28.1 Å². The normalized spacial score (nSPS) is 11.7. The van der Waals surface area contributed by atoms with Crippen molar-refractivity contribution in [3.05, 3.63) is 52.4 Å². The molecule has 0 aliphatic heterocycles. The van der Waals surface area contributed by atoms with Crippen LogP contribution in [0, 0.1) is 19.3 Å². The Hall–Kier alpha value is -2.20. The van der Waals surface area contributed by atoms with Gasteiger partial charge in [0.2, 0.25) is 0 Å². The maximum atomic E-state index is 12.9. The molecule has 2 heterocycles. The summed E-state index contributed by atoms with van der Waals surface area (Å²) in [6, 6.07) is 10.1. The third kappa shape index (κ3) is 4.13. The fourth-order valence-corrected chi connectivity index (χ4v) is 3.56. The fourth-order valence-electron chi connectivity index (χ4n) is 2.87. The van der Waals surface area contributed by atoms with E-state index in [9.17, 15) is 4.79 Å². The Kier molecular flexibility index (Phi) is 5.15. The number of pyridine rings is 1. The van der Waals surface area contributed by atoms with Gasteiger partial charge in [0.15, 0.2) is 0 Å². The van der Waals surface area contributed by atoms with Crippen molar-refractivity contribution in [3.8, 4) is 10.6 Å². The minimum Gasteiger partial charge on any atom is -0.352 e. The first-order valence-corrected chi connectivity index (χ1v) is 9.87. The molecule has 3 aromatic rings. The van der Waals surface area contributed by atoms with Crippen molar-refractivity contribution in [2.75, 3.05) is 6.54 Å². The van der Waals surface area contributed by atoms with E-state index in [0.29, 0.717) is 12.1 Å². The van der Waals surface area contributed by atoms with Crippen LogP contribution in [0.3, 0.4) is 0 Å². The van der Waals surface area contributed by atoms with E-state index in [0.717, 1.165) is 27.9 Å². The Bertz CT molecular complexity index is 937. The van der Waals surface area contributed by atoms with Gasteiger partial charge in [-0.2, -0.15) is 0 Å². The minimum atomic E-state index is -0.0253. The SMILES string of the molecule is Cc1cc2nc(-c3cccs3)cc(C(=O)NCCC(C)(C)C)c2cc1C. The molecule has 0 saturated heterocycles. The van der Waals surface area contributed by atoms with Crippen molar-refractivity contribution in [1.82, 2.24) is 10.3 Å². The molecule has 136 valence electrons. The lowest BCUT2D eigenvalue weighted by atomic mass is 9.92. The van der Waals surface area contributed by atoms with Gasteiger partial charge in [-0.1, -0.05) is 26.8 Å². The summed E-state index contributed by atoms with van der Waals surface area (Å²) in [5.74, 6) is -0.0253. The van der Waals surface area contributed by atoms with Gasteiger partial charge in [-0.3, -0.25) is 4.79 Å². The molecule has 0 spiro atoms. The molecule has 0 saturated carbocycles. The Morgan fingerprint density at radius 3 is 2.54 bits per heavy atom. The molecular weight excluding hydrogens is 340 g/mol.